The number of hydrogen-bond donors (Lipinski definition) is 1. The number of likely N-dealkylation sites (tertiary alicyclic amines) is 1. The Labute approximate surface area is 252 Å². The summed E-state index contributed by atoms with van der Waals surface area (Å²) in [5, 5.41) is 14.0. The van der Waals surface area contributed by atoms with Gasteiger partial charge in [0.2, 0.25) is 0 Å². The number of piperidine rings is 1. The molecule has 0 radical (unpaired) electrons. The van der Waals surface area contributed by atoms with Crippen LogP contribution in [0.4, 0.5) is 23.7 Å². The second-order valence-corrected chi connectivity index (χ2v) is 10.8. The molecule has 232 valence electrons. The summed E-state index contributed by atoms with van der Waals surface area (Å²) < 4.78 is 49.8. The molecule has 44 heavy (non-hydrogen) atoms. The first-order chi connectivity index (χ1) is 21.0. The summed E-state index contributed by atoms with van der Waals surface area (Å²) in [6.45, 7) is 6.15. The summed E-state index contributed by atoms with van der Waals surface area (Å²) in [7, 11) is 0. The summed E-state index contributed by atoms with van der Waals surface area (Å²) in [6, 6.07) is 11.8. The summed E-state index contributed by atoms with van der Waals surface area (Å²) in [4.78, 5) is 27.8. The average Bonchev–Trinajstić information content (AvgIpc) is 3.55. The van der Waals surface area contributed by atoms with E-state index in [0.717, 1.165) is 17.7 Å². The van der Waals surface area contributed by atoms with E-state index in [1.54, 1.807) is 28.9 Å². The SMILES string of the molecule is CC=C(C=CCC)n1cc(CN2CCC3(CC2)CN(c2ccc(C(=O)O)cc2)C(=O)O3)c(-c2ccc(OC(F)(F)F)cc2)n1. The number of carboxylic acid groups (broad SMARTS) is 1. The molecule has 2 aliphatic rings. The molecular weight excluding hydrogens is 577 g/mol. The number of carbonyl (C=O) groups is 2. The third-order valence-electron chi connectivity index (χ3n) is 7.79. The Morgan fingerprint density at radius 2 is 1.80 bits per heavy atom. The minimum absolute atomic E-state index is 0.139. The average molecular weight is 611 g/mol. The van der Waals surface area contributed by atoms with Gasteiger partial charge in [0.05, 0.1) is 23.5 Å². The van der Waals surface area contributed by atoms with Gasteiger partial charge in [0.15, 0.2) is 0 Å². The Kier molecular flexibility index (Phi) is 8.82. The van der Waals surface area contributed by atoms with Crippen LogP contribution in [0.3, 0.4) is 0 Å². The number of halogens is 3. The van der Waals surface area contributed by atoms with Crippen LogP contribution in [0.25, 0.3) is 17.0 Å². The number of carboxylic acids is 1. The maximum absolute atomic E-state index is 12.8. The Bertz CT molecular complexity index is 1550. The fraction of sp³-hybridized carbons (Fsp3) is 0.344. The standard InChI is InChI=1S/C32H33F3N4O5/c1-3-5-6-25(4-2)39-20-24(28(36-39)22-9-13-27(14-10-22)43-32(33,34)35)19-37-17-15-31(16-18-37)21-38(30(42)44-31)26-11-7-23(8-12-26)29(40)41/h4-14,20H,3,15-19,21H2,1-2H3,(H,40,41). The first-order valence-electron chi connectivity index (χ1n) is 14.3. The Hall–Kier alpha value is -4.58. The molecule has 1 aromatic heterocycles. The molecule has 0 unspecified atom stereocenters. The number of alkyl halides is 3. The van der Waals surface area contributed by atoms with Crippen LogP contribution in [0.5, 0.6) is 5.75 Å². The van der Waals surface area contributed by atoms with E-state index in [1.165, 1.54) is 29.2 Å². The van der Waals surface area contributed by atoms with Crippen LogP contribution in [0.1, 0.15) is 49.0 Å². The van der Waals surface area contributed by atoms with E-state index in [1.807, 2.05) is 38.3 Å². The maximum atomic E-state index is 12.8. The summed E-state index contributed by atoms with van der Waals surface area (Å²) >= 11 is 0. The highest BCUT2D eigenvalue weighted by molar-refractivity contribution is 5.92. The van der Waals surface area contributed by atoms with Crippen molar-refractivity contribution >= 4 is 23.4 Å². The molecule has 1 spiro atoms. The number of amides is 1. The molecule has 0 saturated carbocycles. The van der Waals surface area contributed by atoms with E-state index in [0.29, 0.717) is 56.0 Å². The van der Waals surface area contributed by atoms with Crippen LogP contribution in [0, 0.1) is 0 Å². The lowest BCUT2D eigenvalue weighted by atomic mass is 9.91. The van der Waals surface area contributed by atoms with E-state index in [-0.39, 0.29) is 11.3 Å². The third kappa shape index (κ3) is 6.96. The Morgan fingerprint density at radius 1 is 1.11 bits per heavy atom. The van der Waals surface area contributed by atoms with E-state index >= 15 is 0 Å². The van der Waals surface area contributed by atoms with Gasteiger partial charge in [-0.3, -0.25) is 9.80 Å². The molecule has 0 bridgehead atoms. The number of benzene rings is 2. The van der Waals surface area contributed by atoms with Gasteiger partial charge in [-0.05, 0) is 68.0 Å². The molecule has 2 aliphatic heterocycles. The minimum Gasteiger partial charge on any atom is -0.478 e. The van der Waals surface area contributed by atoms with Crippen molar-refractivity contribution in [2.45, 2.75) is 51.6 Å². The molecular formula is C32H33F3N4O5. The second-order valence-electron chi connectivity index (χ2n) is 10.8. The zero-order valence-electron chi connectivity index (χ0n) is 24.4. The van der Waals surface area contributed by atoms with Crippen molar-refractivity contribution in [2.75, 3.05) is 24.5 Å². The van der Waals surface area contributed by atoms with Gasteiger partial charge in [-0.25, -0.2) is 14.3 Å². The lowest BCUT2D eigenvalue weighted by Gasteiger charge is -2.37. The predicted molar refractivity (Wildman–Crippen MR) is 158 cm³/mol. The van der Waals surface area contributed by atoms with Gasteiger partial charge in [0.25, 0.3) is 0 Å². The van der Waals surface area contributed by atoms with Crippen LogP contribution in [0.2, 0.25) is 0 Å². The highest BCUT2D eigenvalue weighted by Gasteiger charge is 2.47. The van der Waals surface area contributed by atoms with Gasteiger partial charge in [-0.2, -0.15) is 5.10 Å². The molecule has 2 aromatic carbocycles. The van der Waals surface area contributed by atoms with Crippen molar-refractivity contribution < 1.29 is 37.3 Å². The molecule has 0 aliphatic carbocycles. The number of hydrogen-bond acceptors (Lipinski definition) is 6. The van der Waals surface area contributed by atoms with E-state index in [4.69, 9.17) is 14.9 Å². The first kappa shape index (κ1) is 30.9. The van der Waals surface area contributed by atoms with Crippen molar-refractivity contribution in [1.82, 2.24) is 14.7 Å². The quantitative estimate of drug-likeness (QED) is 0.262. The van der Waals surface area contributed by atoms with Crippen molar-refractivity contribution in [3.05, 3.63) is 84.1 Å². The van der Waals surface area contributed by atoms with E-state index in [2.05, 4.69) is 9.64 Å². The fourth-order valence-electron chi connectivity index (χ4n) is 5.48. The number of nitrogens with zero attached hydrogens (tertiary/aromatic N) is 4. The van der Waals surface area contributed by atoms with Gasteiger partial charge in [0, 0.05) is 55.5 Å². The van der Waals surface area contributed by atoms with Gasteiger partial charge in [0.1, 0.15) is 11.4 Å². The molecule has 9 nitrogen and oxygen atoms in total. The molecule has 2 saturated heterocycles. The Balaban J connectivity index is 1.32. The second kappa shape index (κ2) is 12.6. The maximum Gasteiger partial charge on any atom is 0.573 e. The molecule has 3 heterocycles. The molecule has 5 rings (SSSR count). The summed E-state index contributed by atoms with van der Waals surface area (Å²) in [6.07, 6.45) is 4.70. The zero-order valence-corrected chi connectivity index (χ0v) is 24.4. The van der Waals surface area contributed by atoms with Gasteiger partial charge in [-0.1, -0.05) is 19.1 Å². The lowest BCUT2D eigenvalue weighted by molar-refractivity contribution is -0.274. The van der Waals surface area contributed by atoms with E-state index in [9.17, 15) is 22.8 Å². The highest BCUT2D eigenvalue weighted by Crippen LogP contribution is 2.37. The molecule has 3 aromatic rings. The van der Waals surface area contributed by atoms with Crippen LogP contribution < -0.4 is 9.64 Å². The number of rotatable bonds is 9. The number of aromatic nitrogens is 2. The monoisotopic (exact) mass is 610 g/mol. The minimum atomic E-state index is -4.78. The lowest BCUT2D eigenvalue weighted by Crippen LogP contribution is -2.46. The van der Waals surface area contributed by atoms with Crippen LogP contribution in [-0.2, 0) is 11.3 Å². The van der Waals surface area contributed by atoms with Crippen molar-refractivity contribution in [1.29, 1.82) is 0 Å². The Morgan fingerprint density at radius 3 is 2.39 bits per heavy atom. The van der Waals surface area contributed by atoms with Gasteiger partial charge < -0.3 is 14.6 Å². The van der Waals surface area contributed by atoms with Crippen molar-refractivity contribution in [3.63, 3.8) is 0 Å². The molecule has 0 atom stereocenters. The topological polar surface area (TPSA) is 97.1 Å². The molecule has 12 heteroatoms. The van der Waals surface area contributed by atoms with Crippen LogP contribution in [-0.4, -0.2) is 63.4 Å². The normalized spacial score (nSPS) is 17.4. The third-order valence-corrected chi connectivity index (χ3v) is 7.79. The van der Waals surface area contributed by atoms with Crippen molar-refractivity contribution in [3.8, 4) is 17.0 Å². The summed E-state index contributed by atoms with van der Waals surface area (Å²) in [5.74, 6) is -1.34. The number of ether oxygens (including phenoxy) is 2. The van der Waals surface area contributed by atoms with Gasteiger partial charge in [-0.15, -0.1) is 13.2 Å². The number of carbonyl (C=O) groups excluding carboxylic acids is 1. The zero-order chi connectivity index (χ0) is 31.5. The van der Waals surface area contributed by atoms with Gasteiger partial charge >= 0.3 is 18.4 Å². The molecule has 1 N–H and O–H groups in total. The molecule has 1 amide bonds. The molecule has 2 fully saturated rings. The predicted octanol–water partition coefficient (Wildman–Crippen LogP) is 6.97. The largest absolute Gasteiger partial charge is 0.573 e. The first-order valence-corrected chi connectivity index (χ1v) is 14.3. The fourth-order valence-corrected chi connectivity index (χ4v) is 5.48. The van der Waals surface area contributed by atoms with E-state index < -0.39 is 24.0 Å². The highest BCUT2D eigenvalue weighted by atomic mass is 19.4. The summed E-state index contributed by atoms with van der Waals surface area (Å²) in [5.41, 5.74) is 3.15. The van der Waals surface area contributed by atoms with Crippen molar-refractivity contribution in [2.24, 2.45) is 0 Å². The number of aromatic carboxylic acids is 1. The number of allylic oxidation sites excluding steroid dienone is 4. The van der Waals surface area contributed by atoms with Crippen LogP contribution in [0.15, 0.2) is 73.0 Å². The van der Waals surface area contributed by atoms with Crippen LogP contribution >= 0.6 is 0 Å². The smallest absolute Gasteiger partial charge is 0.478 e. The number of anilines is 1.